The van der Waals surface area contributed by atoms with Crippen molar-refractivity contribution in [1.29, 1.82) is 0 Å². The van der Waals surface area contributed by atoms with E-state index in [1.807, 2.05) is 36.4 Å². The summed E-state index contributed by atoms with van der Waals surface area (Å²) in [7, 11) is -1.92. The fourth-order valence-corrected chi connectivity index (χ4v) is 5.70. The Balaban J connectivity index is 1.58. The number of sulfonamides is 1. The summed E-state index contributed by atoms with van der Waals surface area (Å²) < 4.78 is 29.4. The predicted molar refractivity (Wildman–Crippen MR) is 118 cm³/mol. The van der Waals surface area contributed by atoms with Crippen molar-refractivity contribution in [2.75, 3.05) is 13.1 Å². The molecule has 2 heterocycles. The Labute approximate surface area is 186 Å². The summed E-state index contributed by atoms with van der Waals surface area (Å²) in [6.45, 7) is 1.25. The van der Waals surface area contributed by atoms with Crippen molar-refractivity contribution in [3.8, 4) is 0 Å². The highest BCUT2D eigenvalue weighted by Gasteiger charge is 2.40. The van der Waals surface area contributed by atoms with Gasteiger partial charge in [-0.25, -0.2) is 13.4 Å². The average molecular weight is 465 g/mol. The molecule has 2 atom stereocenters. The van der Waals surface area contributed by atoms with Crippen LogP contribution in [0, 0.1) is 0 Å². The fourth-order valence-electron chi connectivity index (χ4n) is 3.77. The maximum absolute atomic E-state index is 13.1. The Morgan fingerprint density at radius 2 is 1.90 bits per heavy atom. The van der Waals surface area contributed by atoms with Crippen LogP contribution in [-0.2, 0) is 23.6 Å². The highest BCUT2D eigenvalue weighted by atomic mass is 35.5. The van der Waals surface area contributed by atoms with Gasteiger partial charge in [0, 0.05) is 54.9 Å². The number of aryl methyl sites for hydroxylation is 1. The van der Waals surface area contributed by atoms with Gasteiger partial charge in [0.25, 0.3) is 10.0 Å². The van der Waals surface area contributed by atoms with Crippen molar-refractivity contribution in [3.05, 3.63) is 82.2 Å². The Kier molecular flexibility index (Phi) is 6.18. The normalized spacial score (nSPS) is 20.0. The van der Waals surface area contributed by atoms with Gasteiger partial charge in [0.05, 0.1) is 6.33 Å². The van der Waals surface area contributed by atoms with E-state index < -0.39 is 10.0 Å². The van der Waals surface area contributed by atoms with Crippen LogP contribution < -0.4 is 5.32 Å². The van der Waals surface area contributed by atoms with Crippen LogP contribution in [0.4, 0.5) is 0 Å². The van der Waals surface area contributed by atoms with Crippen molar-refractivity contribution in [2.24, 2.45) is 7.05 Å². The van der Waals surface area contributed by atoms with Gasteiger partial charge in [0.15, 0.2) is 5.03 Å². The molecule has 0 bridgehead atoms. The third kappa shape index (κ3) is 4.40. The maximum atomic E-state index is 13.1. The molecule has 30 heavy (non-hydrogen) atoms. The number of halogens is 2. The molecule has 0 unspecified atom stereocenters. The zero-order valence-corrected chi connectivity index (χ0v) is 18.7. The first-order chi connectivity index (χ1) is 14.3. The molecule has 3 aromatic rings. The molecule has 1 aliphatic rings. The zero-order valence-electron chi connectivity index (χ0n) is 16.4. The maximum Gasteiger partial charge on any atom is 0.262 e. The van der Waals surface area contributed by atoms with Crippen molar-refractivity contribution >= 4 is 33.2 Å². The van der Waals surface area contributed by atoms with E-state index in [2.05, 4.69) is 10.3 Å². The zero-order chi connectivity index (χ0) is 21.3. The SMILES string of the molecule is Cn1cnc(S(=O)(=O)N2C[C@H](NCc3ccc(Cl)cc3Cl)[C@@H](c3ccccc3)C2)c1. The van der Waals surface area contributed by atoms with E-state index in [0.717, 1.165) is 11.1 Å². The van der Waals surface area contributed by atoms with Crippen LogP contribution in [0.2, 0.25) is 10.0 Å². The number of benzene rings is 2. The van der Waals surface area contributed by atoms with Crippen molar-refractivity contribution in [3.63, 3.8) is 0 Å². The molecule has 1 saturated heterocycles. The van der Waals surface area contributed by atoms with Gasteiger partial charge in [-0.05, 0) is 23.3 Å². The van der Waals surface area contributed by atoms with Gasteiger partial charge in [-0.3, -0.25) is 0 Å². The van der Waals surface area contributed by atoms with Crippen LogP contribution in [0.5, 0.6) is 0 Å². The molecule has 1 aliphatic heterocycles. The molecule has 1 aromatic heterocycles. The number of hydrogen-bond acceptors (Lipinski definition) is 4. The lowest BCUT2D eigenvalue weighted by Gasteiger charge is -2.20. The quantitative estimate of drug-likeness (QED) is 0.603. The van der Waals surface area contributed by atoms with E-state index in [1.165, 1.54) is 16.8 Å². The summed E-state index contributed by atoms with van der Waals surface area (Å²) in [6.07, 6.45) is 3.02. The lowest BCUT2D eigenvalue weighted by Crippen LogP contribution is -2.36. The van der Waals surface area contributed by atoms with Gasteiger partial charge >= 0.3 is 0 Å². The molecule has 0 aliphatic carbocycles. The van der Waals surface area contributed by atoms with Gasteiger partial charge in [0.1, 0.15) is 0 Å². The molecule has 0 radical (unpaired) electrons. The molecule has 1 fully saturated rings. The molecule has 0 saturated carbocycles. The van der Waals surface area contributed by atoms with E-state index in [9.17, 15) is 8.42 Å². The van der Waals surface area contributed by atoms with Crippen LogP contribution >= 0.6 is 23.2 Å². The molecule has 6 nitrogen and oxygen atoms in total. The topological polar surface area (TPSA) is 67.2 Å². The smallest absolute Gasteiger partial charge is 0.262 e. The highest BCUT2D eigenvalue weighted by molar-refractivity contribution is 7.89. The van der Waals surface area contributed by atoms with E-state index in [-0.39, 0.29) is 17.0 Å². The summed E-state index contributed by atoms with van der Waals surface area (Å²) in [5.41, 5.74) is 2.01. The molecular formula is C21H22Cl2N4O2S. The summed E-state index contributed by atoms with van der Waals surface area (Å²) in [5, 5.41) is 4.74. The third-order valence-electron chi connectivity index (χ3n) is 5.37. The second kappa shape index (κ2) is 8.69. The van der Waals surface area contributed by atoms with E-state index in [4.69, 9.17) is 23.2 Å². The van der Waals surface area contributed by atoms with Crippen LogP contribution in [0.15, 0.2) is 66.1 Å². The summed E-state index contributed by atoms with van der Waals surface area (Å²) >= 11 is 12.3. The first-order valence-electron chi connectivity index (χ1n) is 9.55. The van der Waals surface area contributed by atoms with Crippen molar-refractivity contribution < 1.29 is 8.42 Å². The number of nitrogens with zero attached hydrogens (tertiary/aromatic N) is 3. The largest absolute Gasteiger partial charge is 0.339 e. The molecule has 4 rings (SSSR count). The minimum absolute atomic E-state index is 0.00997. The monoisotopic (exact) mass is 464 g/mol. The predicted octanol–water partition coefficient (Wildman–Crippen LogP) is 3.67. The van der Waals surface area contributed by atoms with E-state index in [1.54, 1.807) is 23.7 Å². The summed E-state index contributed by atoms with van der Waals surface area (Å²) in [5.74, 6) is 0.00997. The second-order valence-electron chi connectivity index (χ2n) is 7.44. The van der Waals surface area contributed by atoms with Crippen LogP contribution in [-0.4, -0.2) is 41.4 Å². The number of nitrogens with one attached hydrogen (secondary N) is 1. The van der Waals surface area contributed by atoms with Crippen LogP contribution in [0.3, 0.4) is 0 Å². The van der Waals surface area contributed by atoms with Gasteiger partial charge in [-0.1, -0.05) is 59.6 Å². The van der Waals surface area contributed by atoms with E-state index >= 15 is 0 Å². The molecule has 0 spiro atoms. The number of hydrogen-bond donors (Lipinski definition) is 1. The molecule has 0 amide bonds. The lowest BCUT2D eigenvalue weighted by molar-refractivity contribution is 0.454. The third-order valence-corrected chi connectivity index (χ3v) is 7.67. The van der Waals surface area contributed by atoms with Gasteiger partial charge in [0.2, 0.25) is 0 Å². The minimum Gasteiger partial charge on any atom is -0.339 e. The Morgan fingerprint density at radius 3 is 2.57 bits per heavy atom. The van der Waals surface area contributed by atoms with Crippen molar-refractivity contribution in [2.45, 2.75) is 23.5 Å². The molecule has 9 heteroatoms. The van der Waals surface area contributed by atoms with Crippen molar-refractivity contribution in [1.82, 2.24) is 19.2 Å². The molecule has 158 valence electrons. The summed E-state index contributed by atoms with van der Waals surface area (Å²) in [6, 6.07) is 15.3. The average Bonchev–Trinajstić information content (AvgIpc) is 3.35. The minimum atomic E-state index is -3.67. The van der Waals surface area contributed by atoms with E-state index in [0.29, 0.717) is 29.7 Å². The highest BCUT2D eigenvalue weighted by Crippen LogP contribution is 2.32. The van der Waals surface area contributed by atoms with Gasteiger partial charge in [-0.2, -0.15) is 4.31 Å². The first kappa shape index (κ1) is 21.3. The lowest BCUT2D eigenvalue weighted by atomic mass is 9.94. The Bertz CT molecular complexity index is 1130. The Morgan fingerprint density at radius 1 is 1.13 bits per heavy atom. The second-order valence-corrected chi connectivity index (χ2v) is 10.2. The molecule has 1 N–H and O–H groups in total. The fraction of sp³-hybridized carbons (Fsp3) is 0.286. The van der Waals surface area contributed by atoms with Crippen LogP contribution in [0.1, 0.15) is 17.0 Å². The summed E-state index contributed by atoms with van der Waals surface area (Å²) in [4.78, 5) is 4.05. The van der Waals surface area contributed by atoms with Crippen LogP contribution in [0.25, 0.3) is 0 Å². The number of rotatable bonds is 6. The van der Waals surface area contributed by atoms with Gasteiger partial charge in [-0.15, -0.1) is 0 Å². The Hall–Kier alpha value is -1.90. The van der Waals surface area contributed by atoms with Gasteiger partial charge < -0.3 is 9.88 Å². The number of imidazole rings is 1. The number of aromatic nitrogens is 2. The molecular weight excluding hydrogens is 443 g/mol. The molecule has 2 aromatic carbocycles. The standard InChI is InChI=1S/C21H22Cl2N4O2S/c1-26-13-21(25-14-26)30(28,29)27-11-18(15-5-3-2-4-6-15)20(12-27)24-10-16-7-8-17(22)9-19(16)23/h2-9,13-14,18,20,24H,10-12H2,1H3/t18-,20+/m1/s1. The first-order valence-corrected chi connectivity index (χ1v) is 11.7.